The molecule has 2 aromatic heterocycles. The minimum absolute atomic E-state index is 0.626. The molecule has 0 atom stereocenters. The van der Waals surface area contributed by atoms with Gasteiger partial charge in [-0.3, -0.25) is 0 Å². The zero-order valence-corrected chi connectivity index (χ0v) is 11.0. The Hall–Kier alpha value is -1.14. The second kappa shape index (κ2) is 5.27. The van der Waals surface area contributed by atoms with E-state index in [4.69, 9.17) is 4.74 Å². The number of ether oxygens (including phenoxy) is 1. The number of anilines is 1. The highest BCUT2D eigenvalue weighted by Crippen LogP contribution is 2.20. The van der Waals surface area contributed by atoms with Crippen molar-refractivity contribution < 1.29 is 4.74 Å². The fourth-order valence-electron chi connectivity index (χ4n) is 1.15. The van der Waals surface area contributed by atoms with E-state index in [9.17, 15) is 0 Å². The molecular weight excluding hydrogens is 290 g/mol. The molecule has 0 bridgehead atoms. The first-order valence-corrected chi connectivity index (χ1v) is 6.29. The van der Waals surface area contributed by atoms with Crippen molar-refractivity contribution in [2.75, 3.05) is 12.4 Å². The number of methoxy groups -OCH3 is 1. The Kier molecular flexibility index (Phi) is 3.74. The van der Waals surface area contributed by atoms with Gasteiger partial charge in [-0.2, -0.15) is 0 Å². The second-order valence-electron chi connectivity index (χ2n) is 3.04. The highest BCUT2D eigenvalue weighted by Gasteiger charge is 1.99. The third-order valence-electron chi connectivity index (χ3n) is 1.93. The van der Waals surface area contributed by atoms with Crippen LogP contribution in [0.3, 0.4) is 0 Å². The van der Waals surface area contributed by atoms with E-state index in [1.807, 2.05) is 17.5 Å². The molecule has 4 nitrogen and oxygen atoms in total. The quantitative estimate of drug-likeness (QED) is 0.943. The molecular formula is C10H10BrN3OS. The highest BCUT2D eigenvalue weighted by atomic mass is 79.9. The van der Waals surface area contributed by atoms with E-state index in [1.165, 1.54) is 0 Å². The maximum atomic E-state index is 4.99. The molecule has 0 aliphatic heterocycles. The number of nitrogens with one attached hydrogen (secondary N) is 1. The van der Waals surface area contributed by atoms with Gasteiger partial charge in [-0.15, -0.1) is 11.3 Å². The monoisotopic (exact) mass is 299 g/mol. The number of hydrogen-bond donors (Lipinski definition) is 1. The maximum Gasteiger partial charge on any atom is 0.212 e. The molecule has 0 amide bonds. The number of hydrogen-bond acceptors (Lipinski definition) is 5. The molecule has 84 valence electrons. The molecule has 2 heterocycles. The molecule has 0 aliphatic rings. The molecule has 0 aliphatic carbocycles. The summed E-state index contributed by atoms with van der Waals surface area (Å²) in [7, 11) is 1.60. The Labute approximate surface area is 106 Å². The Balaban J connectivity index is 1.94. The topological polar surface area (TPSA) is 47.0 Å². The molecule has 2 aromatic rings. The Morgan fingerprint density at radius 2 is 2.38 bits per heavy atom. The van der Waals surface area contributed by atoms with Gasteiger partial charge in [-0.1, -0.05) is 6.07 Å². The van der Waals surface area contributed by atoms with Crippen LogP contribution in [0, 0.1) is 0 Å². The number of thiazole rings is 1. The van der Waals surface area contributed by atoms with Crippen molar-refractivity contribution in [3.05, 3.63) is 33.9 Å². The van der Waals surface area contributed by atoms with Gasteiger partial charge in [0, 0.05) is 24.2 Å². The van der Waals surface area contributed by atoms with Gasteiger partial charge in [0.15, 0.2) is 5.13 Å². The normalized spacial score (nSPS) is 10.1. The Morgan fingerprint density at radius 1 is 1.50 bits per heavy atom. The first-order chi connectivity index (χ1) is 7.78. The van der Waals surface area contributed by atoms with E-state index in [0.29, 0.717) is 12.4 Å². The number of rotatable bonds is 4. The van der Waals surface area contributed by atoms with Crippen LogP contribution in [0.25, 0.3) is 0 Å². The molecule has 1 N–H and O–H groups in total. The van der Waals surface area contributed by atoms with Gasteiger partial charge in [-0.05, 0) is 21.5 Å². The zero-order valence-electron chi connectivity index (χ0n) is 8.61. The van der Waals surface area contributed by atoms with Crippen LogP contribution < -0.4 is 10.1 Å². The van der Waals surface area contributed by atoms with Crippen molar-refractivity contribution in [2.45, 2.75) is 6.54 Å². The van der Waals surface area contributed by atoms with Crippen molar-refractivity contribution in [3.8, 4) is 5.88 Å². The molecule has 0 radical (unpaired) electrons. The average Bonchev–Trinajstić information content (AvgIpc) is 2.73. The van der Waals surface area contributed by atoms with Crippen molar-refractivity contribution >= 4 is 32.4 Å². The summed E-state index contributed by atoms with van der Waals surface area (Å²) in [5, 5.41) is 6.05. The summed E-state index contributed by atoms with van der Waals surface area (Å²) in [4.78, 5) is 8.36. The number of nitrogens with zero attached hydrogens (tertiary/aromatic N) is 2. The number of halogens is 1. The molecule has 16 heavy (non-hydrogen) atoms. The summed E-state index contributed by atoms with van der Waals surface area (Å²) in [6.07, 6.45) is 1.79. The fraction of sp³-hybridized carbons (Fsp3) is 0.200. The average molecular weight is 300 g/mol. The van der Waals surface area contributed by atoms with Crippen LogP contribution in [0.5, 0.6) is 5.88 Å². The fourth-order valence-corrected chi connectivity index (χ4v) is 2.29. The molecule has 0 saturated heterocycles. The van der Waals surface area contributed by atoms with Gasteiger partial charge >= 0.3 is 0 Å². The maximum absolute atomic E-state index is 4.99. The van der Waals surface area contributed by atoms with E-state index in [1.54, 1.807) is 24.6 Å². The molecule has 0 fully saturated rings. The van der Waals surface area contributed by atoms with E-state index < -0.39 is 0 Å². The lowest BCUT2D eigenvalue weighted by Crippen LogP contribution is -1.99. The first kappa shape index (κ1) is 11.3. The summed E-state index contributed by atoms with van der Waals surface area (Å²) in [5.41, 5.74) is 1.09. The van der Waals surface area contributed by atoms with Gasteiger partial charge < -0.3 is 10.1 Å². The molecule has 0 spiro atoms. The van der Waals surface area contributed by atoms with Crippen molar-refractivity contribution in [2.24, 2.45) is 0 Å². The zero-order chi connectivity index (χ0) is 11.4. The second-order valence-corrected chi connectivity index (χ2v) is 4.71. The van der Waals surface area contributed by atoms with Crippen molar-refractivity contribution in [1.82, 2.24) is 9.97 Å². The van der Waals surface area contributed by atoms with Gasteiger partial charge in [0.05, 0.1) is 7.11 Å². The van der Waals surface area contributed by atoms with E-state index in [2.05, 4.69) is 31.2 Å². The lowest BCUT2D eigenvalue weighted by atomic mass is 10.3. The van der Waals surface area contributed by atoms with Crippen LogP contribution in [-0.2, 0) is 6.54 Å². The summed E-state index contributed by atoms with van der Waals surface area (Å²) in [6, 6.07) is 3.82. The van der Waals surface area contributed by atoms with Gasteiger partial charge in [0.2, 0.25) is 5.88 Å². The van der Waals surface area contributed by atoms with E-state index in [-0.39, 0.29) is 0 Å². The predicted octanol–water partition coefficient (Wildman–Crippen LogP) is 2.92. The van der Waals surface area contributed by atoms with Crippen LogP contribution in [0.1, 0.15) is 5.56 Å². The minimum Gasteiger partial charge on any atom is -0.481 e. The lowest BCUT2D eigenvalue weighted by Gasteiger charge is -2.03. The predicted molar refractivity (Wildman–Crippen MR) is 67.9 cm³/mol. The standard InChI is InChI=1S/C10H10BrN3OS/c1-15-9-3-2-7(4-12-9)5-13-10-14-8(11)6-16-10/h2-4,6H,5H2,1H3,(H,13,14). The largest absolute Gasteiger partial charge is 0.481 e. The summed E-state index contributed by atoms with van der Waals surface area (Å²) in [5.74, 6) is 0.626. The number of pyridine rings is 1. The summed E-state index contributed by atoms with van der Waals surface area (Å²) >= 11 is 4.87. The first-order valence-electron chi connectivity index (χ1n) is 4.62. The lowest BCUT2D eigenvalue weighted by molar-refractivity contribution is 0.397. The molecule has 6 heteroatoms. The smallest absolute Gasteiger partial charge is 0.212 e. The third-order valence-corrected chi connectivity index (χ3v) is 3.44. The summed E-state index contributed by atoms with van der Waals surface area (Å²) in [6.45, 7) is 0.705. The van der Waals surface area contributed by atoms with E-state index in [0.717, 1.165) is 15.3 Å². The molecule has 2 rings (SSSR count). The molecule has 0 unspecified atom stereocenters. The van der Waals surface area contributed by atoms with Crippen LogP contribution in [0.4, 0.5) is 5.13 Å². The Bertz CT molecular complexity index is 457. The van der Waals surface area contributed by atoms with Crippen LogP contribution in [-0.4, -0.2) is 17.1 Å². The van der Waals surface area contributed by atoms with Crippen LogP contribution >= 0.6 is 27.3 Å². The third kappa shape index (κ3) is 2.93. The summed E-state index contributed by atoms with van der Waals surface area (Å²) < 4.78 is 5.84. The Morgan fingerprint density at radius 3 is 2.94 bits per heavy atom. The minimum atomic E-state index is 0.626. The van der Waals surface area contributed by atoms with Gasteiger partial charge in [-0.25, -0.2) is 9.97 Å². The number of aromatic nitrogens is 2. The van der Waals surface area contributed by atoms with Crippen LogP contribution in [0.2, 0.25) is 0 Å². The molecule has 0 saturated carbocycles. The SMILES string of the molecule is COc1ccc(CNc2nc(Br)cs2)cn1. The molecule has 0 aromatic carbocycles. The van der Waals surface area contributed by atoms with Gasteiger partial charge in [0.1, 0.15) is 4.60 Å². The van der Waals surface area contributed by atoms with Crippen molar-refractivity contribution in [3.63, 3.8) is 0 Å². The van der Waals surface area contributed by atoms with Crippen LogP contribution in [0.15, 0.2) is 28.3 Å². The van der Waals surface area contributed by atoms with E-state index >= 15 is 0 Å². The van der Waals surface area contributed by atoms with Crippen molar-refractivity contribution in [1.29, 1.82) is 0 Å². The van der Waals surface area contributed by atoms with Gasteiger partial charge in [0.25, 0.3) is 0 Å². The highest BCUT2D eigenvalue weighted by molar-refractivity contribution is 9.10.